The van der Waals surface area contributed by atoms with Crippen molar-refractivity contribution < 1.29 is 5.11 Å². The lowest BCUT2D eigenvalue weighted by Crippen LogP contribution is -2.16. The molecule has 2 heterocycles. The summed E-state index contributed by atoms with van der Waals surface area (Å²) in [6, 6.07) is 19.6. The fourth-order valence-electron chi connectivity index (χ4n) is 3.30. The summed E-state index contributed by atoms with van der Waals surface area (Å²) in [5, 5.41) is 18.2. The van der Waals surface area contributed by atoms with Crippen molar-refractivity contribution in [2.45, 2.75) is 12.5 Å². The molecule has 0 aliphatic carbocycles. The van der Waals surface area contributed by atoms with E-state index in [1.165, 1.54) is 0 Å². The molecule has 4 aromatic rings. The van der Waals surface area contributed by atoms with Crippen LogP contribution in [-0.4, -0.2) is 34.2 Å². The number of aliphatic hydroxyl groups is 1. The van der Waals surface area contributed by atoms with Crippen molar-refractivity contribution in [2.75, 3.05) is 11.9 Å². The predicted octanol–water partition coefficient (Wildman–Crippen LogP) is 2.84. The second-order valence-corrected chi connectivity index (χ2v) is 7.10. The van der Waals surface area contributed by atoms with Crippen LogP contribution in [0.2, 0.25) is 5.02 Å². The van der Waals surface area contributed by atoms with Crippen LogP contribution in [0.1, 0.15) is 18.0 Å². The molecular weight excluding hydrogens is 371 g/mol. The highest BCUT2D eigenvalue weighted by atomic mass is 35.5. The molecule has 4 rings (SSSR count). The largest absolute Gasteiger partial charge is 0.396 e. The zero-order valence-corrected chi connectivity index (χ0v) is 16.3. The maximum Gasteiger partial charge on any atom is 0.151 e. The number of hydrogen-bond acceptors (Lipinski definition) is 4. The first-order valence-corrected chi connectivity index (χ1v) is 9.58. The molecule has 1 atom stereocenters. The molecule has 0 amide bonds. The van der Waals surface area contributed by atoms with Gasteiger partial charge in [0.05, 0.1) is 11.7 Å². The van der Waals surface area contributed by atoms with Crippen LogP contribution in [0.15, 0.2) is 66.9 Å². The van der Waals surface area contributed by atoms with Crippen molar-refractivity contribution in [2.24, 2.45) is 0 Å². The summed E-state index contributed by atoms with van der Waals surface area (Å²) >= 11 is 6.41. The van der Waals surface area contributed by atoms with E-state index in [1.807, 2.05) is 56.4 Å². The predicted molar refractivity (Wildman–Crippen MR) is 116 cm³/mol. The minimum absolute atomic E-state index is 0.0552. The Morgan fingerprint density at radius 3 is 2.61 bits per heavy atom. The first-order chi connectivity index (χ1) is 13.7. The minimum Gasteiger partial charge on any atom is -0.396 e. The molecule has 0 spiro atoms. The third-order valence-electron chi connectivity index (χ3n) is 4.74. The van der Waals surface area contributed by atoms with Crippen LogP contribution in [0, 0.1) is 0 Å². The number of nitrogens with zero attached hydrogens (tertiary/aromatic N) is 3. The maximum atomic E-state index is 9.57. The van der Waals surface area contributed by atoms with Gasteiger partial charge in [0.1, 0.15) is 13.7 Å². The smallest absolute Gasteiger partial charge is 0.151 e. The van der Waals surface area contributed by atoms with Crippen molar-refractivity contribution >= 4 is 36.4 Å². The highest BCUT2D eigenvalue weighted by Crippen LogP contribution is 2.30. The number of rotatable bonds is 6. The standard InChI is InChI=1S/C21H20BClN4O/c22-16-13-24-27-20(25-18(10-11-28)14-6-2-1-3-7-14)12-19(26-21(16)27)15-8-4-5-9-17(15)23/h1-9,12-13,18,25,28H,10-11,22H2. The summed E-state index contributed by atoms with van der Waals surface area (Å²) in [4.78, 5) is 4.78. The lowest BCUT2D eigenvalue weighted by Gasteiger charge is -2.21. The van der Waals surface area contributed by atoms with Gasteiger partial charge in [0.2, 0.25) is 0 Å². The average molecular weight is 391 g/mol. The molecule has 0 aliphatic rings. The van der Waals surface area contributed by atoms with E-state index in [4.69, 9.17) is 16.6 Å². The van der Waals surface area contributed by atoms with E-state index >= 15 is 0 Å². The van der Waals surface area contributed by atoms with Gasteiger partial charge in [0.15, 0.2) is 5.65 Å². The van der Waals surface area contributed by atoms with E-state index < -0.39 is 0 Å². The molecule has 1 unspecified atom stereocenters. The fraction of sp³-hybridized carbons (Fsp3) is 0.143. The molecule has 28 heavy (non-hydrogen) atoms. The van der Waals surface area contributed by atoms with E-state index in [1.54, 1.807) is 10.7 Å². The first-order valence-electron chi connectivity index (χ1n) is 9.20. The summed E-state index contributed by atoms with van der Waals surface area (Å²) in [5.41, 5.74) is 4.50. The third-order valence-corrected chi connectivity index (χ3v) is 5.07. The van der Waals surface area contributed by atoms with Gasteiger partial charge in [0.25, 0.3) is 0 Å². The maximum absolute atomic E-state index is 9.57. The van der Waals surface area contributed by atoms with Crippen molar-refractivity contribution in [3.05, 3.63) is 77.4 Å². The minimum atomic E-state index is -0.0552. The summed E-state index contributed by atoms with van der Waals surface area (Å²) in [5.74, 6) is 0.801. The number of aromatic nitrogens is 3. The van der Waals surface area contributed by atoms with E-state index in [0.717, 1.165) is 33.7 Å². The highest BCUT2D eigenvalue weighted by molar-refractivity contribution is 6.36. The van der Waals surface area contributed by atoms with Crippen LogP contribution < -0.4 is 10.8 Å². The Morgan fingerprint density at radius 1 is 1.11 bits per heavy atom. The van der Waals surface area contributed by atoms with E-state index in [-0.39, 0.29) is 12.6 Å². The number of hydrogen-bond donors (Lipinski definition) is 2. The van der Waals surface area contributed by atoms with E-state index in [9.17, 15) is 5.11 Å². The summed E-state index contributed by atoms with van der Waals surface area (Å²) in [6.07, 6.45) is 2.38. The molecule has 0 aliphatic heterocycles. The topological polar surface area (TPSA) is 62.5 Å². The van der Waals surface area contributed by atoms with Gasteiger partial charge in [-0.3, -0.25) is 0 Å². The van der Waals surface area contributed by atoms with Crippen LogP contribution in [0.25, 0.3) is 16.9 Å². The molecule has 0 saturated heterocycles. The van der Waals surface area contributed by atoms with Crippen molar-refractivity contribution in [1.29, 1.82) is 0 Å². The van der Waals surface area contributed by atoms with Crippen LogP contribution >= 0.6 is 11.6 Å². The summed E-state index contributed by atoms with van der Waals surface area (Å²) in [6.45, 7) is 0.0797. The van der Waals surface area contributed by atoms with Crippen molar-refractivity contribution in [3.63, 3.8) is 0 Å². The molecule has 2 aromatic heterocycles. The van der Waals surface area contributed by atoms with Crippen molar-refractivity contribution in [1.82, 2.24) is 14.6 Å². The second-order valence-electron chi connectivity index (χ2n) is 6.69. The number of aliphatic hydroxyl groups excluding tert-OH is 1. The van der Waals surface area contributed by atoms with Gasteiger partial charge >= 0.3 is 0 Å². The third kappa shape index (κ3) is 3.61. The zero-order chi connectivity index (χ0) is 19.5. The molecule has 140 valence electrons. The highest BCUT2D eigenvalue weighted by Gasteiger charge is 2.16. The number of benzene rings is 2. The fourth-order valence-corrected chi connectivity index (χ4v) is 3.53. The Balaban J connectivity index is 1.82. The van der Waals surface area contributed by atoms with E-state index in [2.05, 4.69) is 22.5 Å². The zero-order valence-electron chi connectivity index (χ0n) is 15.5. The molecule has 0 radical (unpaired) electrons. The first kappa shape index (κ1) is 18.5. The normalized spacial score (nSPS) is 12.2. The molecule has 5 nitrogen and oxygen atoms in total. The van der Waals surface area contributed by atoms with Gasteiger partial charge in [-0.2, -0.15) is 9.61 Å². The van der Waals surface area contributed by atoms with Crippen LogP contribution in [-0.2, 0) is 0 Å². The SMILES string of the molecule is Bc1cnn2c(NC(CCO)c3ccccc3)cc(-c3ccccc3Cl)nc12. The number of anilines is 1. The number of nitrogens with one attached hydrogen (secondary N) is 1. The lowest BCUT2D eigenvalue weighted by atomic mass is 10.0. The Hall–Kier alpha value is -2.83. The Kier molecular flexibility index (Phi) is 5.32. The van der Waals surface area contributed by atoms with Crippen LogP contribution in [0.4, 0.5) is 5.82 Å². The molecule has 7 heteroatoms. The molecule has 2 aromatic carbocycles. The van der Waals surface area contributed by atoms with Gasteiger partial charge in [-0.15, -0.1) is 0 Å². The van der Waals surface area contributed by atoms with Gasteiger partial charge in [0, 0.05) is 29.5 Å². The molecular formula is C21H20BClN4O. The quantitative estimate of drug-likeness (QED) is 0.497. The van der Waals surface area contributed by atoms with Gasteiger partial charge in [-0.05, 0) is 23.5 Å². The van der Waals surface area contributed by atoms with Crippen LogP contribution in [0.5, 0.6) is 0 Å². The van der Waals surface area contributed by atoms with Gasteiger partial charge in [-0.25, -0.2) is 4.98 Å². The molecule has 0 bridgehead atoms. The number of halogens is 1. The Labute approximate surface area is 169 Å². The summed E-state index contributed by atoms with van der Waals surface area (Å²) in [7, 11) is 1.98. The van der Waals surface area contributed by atoms with E-state index in [0.29, 0.717) is 11.4 Å². The monoisotopic (exact) mass is 390 g/mol. The van der Waals surface area contributed by atoms with Gasteiger partial charge in [-0.1, -0.05) is 60.1 Å². The summed E-state index contributed by atoms with van der Waals surface area (Å²) < 4.78 is 1.79. The Bertz CT molecular complexity index is 1100. The second kappa shape index (κ2) is 8.04. The molecule has 2 N–H and O–H groups in total. The lowest BCUT2D eigenvalue weighted by molar-refractivity contribution is 0.280. The Morgan fingerprint density at radius 2 is 1.86 bits per heavy atom. The van der Waals surface area contributed by atoms with Crippen LogP contribution in [0.3, 0.4) is 0 Å². The molecule has 0 saturated carbocycles. The molecule has 0 fully saturated rings. The van der Waals surface area contributed by atoms with Crippen molar-refractivity contribution in [3.8, 4) is 11.3 Å². The average Bonchev–Trinajstić information content (AvgIpc) is 3.10. The van der Waals surface area contributed by atoms with Gasteiger partial charge < -0.3 is 10.4 Å². The number of fused-ring (bicyclic) bond motifs is 1.